The first kappa shape index (κ1) is 14.6. The Kier molecular flexibility index (Phi) is 5.03. The predicted molar refractivity (Wildman–Crippen MR) is 82.3 cm³/mol. The minimum Gasteiger partial charge on any atom is -0.352 e. The van der Waals surface area contributed by atoms with Gasteiger partial charge in [-0.3, -0.25) is 4.79 Å². The summed E-state index contributed by atoms with van der Waals surface area (Å²) < 4.78 is 0.953. The normalized spacial score (nSPS) is 23.1. The van der Waals surface area contributed by atoms with Gasteiger partial charge in [0.1, 0.15) is 0 Å². The Bertz CT molecular complexity index is 458. The van der Waals surface area contributed by atoms with Crippen molar-refractivity contribution in [1.82, 2.24) is 5.32 Å². The highest BCUT2D eigenvalue weighted by molar-refractivity contribution is 9.10. The Morgan fingerprint density at radius 2 is 2.21 bits per heavy atom. The number of carbonyl (C=O) groups excluding carboxylic acids is 1. The van der Waals surface area contributed by atoms with Crippen LogP contribution in [0.5, 0.6) is 0 Å². The van der Waals surface area contributed by atoms with E-state index >= 15 is 0 Å². The average molecular weight is 324 g/mol. The Hall–Kier alpha value is -0.830. The first-order valence-electron chi connectivity index (χ1n) is 7.10. The molecule has 0 aliphatic heterocycles. The highest BCUT2D eigenvalue weighted by Crippen LogP contribution is 2.28. The van der Waals surface area contributed by atoms with Crippen molar-refractivity contribution in [3.8, 4) is 0 Å². The predicted octanol–water partition coefficient (Wildman–Crippen LogP) is 4.31. The summed E-state index contributed by atoms with van der Waals surface area (Å²) in [5.74, 6) is 1.51. The summed E-state index contributed by atoms with van der Waals surface area (Å²) in [6.07, 6.45) is 5.15. The number of halogens is 1. The van der Waals surface area contributed by atoms with Gasteiger partial charge in [0.05, 0.1) is 0 Å². The van der Waals surface area contributed by atoms with Gasteiger partial charge < -0.3 is 5.32 Å². The highest BCUT2D eigenvalue weighted by atomic mass is 79.9. The third-order valence-electron chi connectivity index (χ3n) is 4.04. The van der Waals surface area contributed by atoms with Gasteiger partial charge in [-0.25, -0.2) is 0 Å². The van der Waals surface area contributed by atoms with Crippen LogP contribution >= 0.6 is 15.9 Å². The standard InChI is InChI=1S/C16H22BrNO/c1-11-4-3-5-13(8-11)10-18-16(19)15-9-14(17)7-6-12(15)2/h6-7,9,11,13H,3-5,8,10H2,1-2H3,(H,18,19). The molecule has 1 fully saturated rings. The lowest BCUT2D eigenvalue weighted by atomic mass is 9.82. The Labute approximate surface area is 124 Å². The smallest absolute Gasteiger partial charge is 0.251 e. The fraction of sp³-hybridized carbons (Fsp3) is 0.562. The molecule has 1 aliphatic rings. The molecule has 0 aromatic heterocycles. The van der Waals surface area contributed by atoms with Crippen LogP contribution in [0.1, 0.15) is 48.5 Å². The largest absolute Gasteiger partial charge is 0.352 e. The van der Waals surface area contributed by atoms with E-state index in [1.165, 1.54) is 25.7 Å². The van der Waals surface area contributed by atoms with Crippen LogP contribution in [-0.2, 0) is 0 Å². The highest BCUT2D eigenvalue weighted by Gasteiger charge is 2.19. The van der Waals surface area contributed by atoms with Crippen LogP contribution in [0.4, 0.5) is 0 Å². The van der Waals surface area contributed by atoms with Crippen LogP contribution in [0, 0.1) is 18.8 Å². The molecular formula is C16H22BrNO. The quantitative estimate of drug-likeness (QED) is 0.882. The maximum absolute atomic E-state index is 12.2. The third kappa shape index (κ3) is 4.07. The molecule has 2 rings (SSSR count). The van der Waals surface area contributed by atoms with Gasteiger partial charge in [-0.2, -0.15) is 0 Å². The second-order valence-corrected chi connectivity index (χ2v) is 6.72. The molecule has 1 aromatic rings. The van der Waals surface area contributed by atoms with E-state index in [1.807, 2.05) is 25.1 Å². The van der Waals surface area contributed by atoms with Crippen LogP contribution in [0.2, 0.25) is 0 Å². The van der Waals surface area contributed by atoms with Gasteiger partial charge in [0, 0.05) is 16.6 Å². The number of hydrogen-bond acceptors (Lipinski definition) is 1. The summed E-state index contributed by atoms with van der Waals surface area (Å²) in [5, 5.41) is 3.10. The van der Waals surface area contributed by atoms with Gasteiger partial charge >= 0.3 is 0 Å². The number of hydrogen-bond donors (Lipinski definition) is 1. The maximum atomic E-state index is 12.2. The molecule has 1 N–H and O–H groups in total. The van der Waals surface area contributed by atoms with Crippen molar-refractivity contribution in [2.75, 3.05) is 6.54 Å². The van der Waals surface area contributed by atoms with Gasteiger partial charge in [0.2, 0.25) is 0 Å². The number of carbonyl (C=O) groups is 1. The van der Waals surface area contributed by atoms with E-state index in [0.29, 0.717) is 5.92 Å². The number of aryl methyl sites for hydroxylation is 1. The molecule has 1 aromatic carbocycles. The van der Waals surface area contributed by atoms with E-state index < -0.39 is 0 Å². The molecule has 2 unspecified atom stereocenters. The zero-order valence-electron chi connectivity index (χ0n) is 11.7. The fourth-order valence-electron chi connectivity index (χ4n) is 2.92. The Morgan fingerprint density at radius 3 is 2.95 bits per heavy atom. The van der Waals surface area contributed by atoms with Crippen molar-refractivity contribution >= 4 is 21.8 Å². The van der Waals surface area contributed by atoms with Crippen molar-refractivity contribution in [2.24, 2.45) is 11.8 Å². The van der Waals surface area contributed by atoms with E-state index in [-0.39, 0.29) is 5.91 Å². The van der Waals surface area contributed by atoms with E-state index in [2.05, 4.69) is 28.2 Å². The zero-order chi connectivity index (χ0) is 13.8. The van der Waals surface area contributed by atoms with Gasteiger partial charge in [0.15, 0.2) is 0 Å². The van der Waals surface area contributed by atoms with Crippen molar-refractivity contribution < 1.29 is 4.79 Å². The molecule has 3 heteroatoms. The van der Waals surface area contributed by atoms with Crippen molar-refractivity contribution in [3.63, 3.8) is 0 Å². The lowest BCUT2D eigenvalue weighted by Gasteiger charge is -2.26. The van der Waals surface area contributed by atoms with Gasteiger partial charge in [0.25, 0.3) is 5.91 Å². The van der Waals surface area contributed by atoms with E-state index in [4.69, 9.17) is 0 Å². The van der Waals surface area contributed by atoms with Gasteiger partial charge in [-0.1, -0.05) is 41.8 Å². The number of nitrogens with one attached hydrogen (secondary N) is 1. The summed E-state index contributed by atoms with van der Waals surface area (Å²) in [6, 6.07) is 5.84. The molecule has 1 aliphatic carbocycles. The third-order valence-corrected chi connectivity index (χ3v) is 4.53. The fourth-order valence-corrected chi connectivity index (χ4v) is 3.28. The summed E-state index contributed by atoms with van der Waals surface area (Å²) in [4.78, 5) is 12.2. The molecule has 1 saturated carbocycles. The second-order valence-electron chi connectivity index (χ2n) is 5.81. The average Bonchev–Trinajstić information content (AvgIpc) is 2.39. The Balaban J connectivity index is 1.92. The summed E-state index contributed by atoms with van der Waals surface area (Å²) in [7, 11) is 0. The lowest BCUT2D eigenvalue weighted by molar-refractivity contribution is 0.0940. The molecule has 0 bridgehead atoms. The van der Waals surface area contributed by atoms with Crippen molar-refractivity contribution in [3.05, 3.63) is 33.8 Å². The van der Waals surface area contributed by atoms with Crippen LogP contribution in [0.25, 0.3) is 0 Å². The summed E-state index contributed by atoms with van der Waals surface area (Å²) in [5.41, 5.74) is 1.80. The summed E-state index contributed by atoms with van der Waals surface area (Å²) in [6.45, 7) is 5.10. The minimum atomic E-state index is 0.0528. The monoisotopic (exact) mass is 323 g/mol. The first-order chi connectivity index (χ1) is 9.06. The zero-order valence-corrected chi connectivity index (χ0v) is 13.3. The van der Waals surface area contributed by atoms with Crippen molar-refractivity contribution in [2.45, 2.75) is 39.5 Å². The summed E-state index contributed by atoms with van der Waals surface area (Å²) >= 11 is 3.42. The maximum Gasteiger partial charge on any atom is 0.251 e. The van der Waals surface area contributed by atoms with Crippen molar-refractivity contribution in [1.29, 1.82) is 0 Å². The molecule has 2 atom stereocenters. The molecule has 0 saturated heterocycles. The molecule has 0 spiro atoms. The lowest BCUT2D eigenvalue weighted by Crippen LogP contribution is -2.31. The molecule has 0 heterocycles. The van der Waals surface area contributed by atoms with Gasteiger partial charge in [-0.15, -0.1) is 0 Å². The SMILES string of the molecule is Cc1ccc(Br)cc1C(=O)NCC1CCCC(C)C1. The molecule has 104 valence electrons. The number of benzene rings is 1. The second kappa shape index (κ2) is 6.56. The van der Waals surface area contributed by atoms with E-state index in [9.17, 15) is 4.79 Å². The minimum absolute atomic E-state index is 0.0528. The topological polar surface area (TPSA) is 29.1 Å². The van der Waals surface area contributed by atoms with E-state index in [1.54, 1.807) is 0 Å². The molecular weight excluding hydrogens is 302 g/mol. The van der Waals surface area contributed by atoms with Crippen LogP contribution in [0.15, 0.2) is 22.7 Å². The first-order valence-corrected chi connectivity index (χ1v) is 7.90. The van der Waals surface area contributed by atoms with Gasteiger partial charge in [-0.05, 0) is 49.3 Å². The van der Waals surface area contributed by atoms with Crippen LogP contribution in [0.3, 0.4) is 0 Å². The molecule has 19 heavy (non-hydrogen) atoms. The Morgan fingerprint density at radius 1 is 1.42 bits per heavy atom. The number of amides is 1. The molecule has 0 radical (unpaired) electrons. The van der Waals surface area contributed by atoms with Crippen LogP contribution < -0.4 is 5.32 Å². The van der Waals surface area contributed by atoms with Crippen LogP contribution in [-0.4, -0.2) is 12.5 Å². The van der Waals surface area contributed by atoms with E-state index in [0.717, 1.165) is 28.1 Å². The molecule has 2 nitrogen and oxygen atoms in total. The molecule has 1 amide bonds. The number of rotatable bonds is 3.